The molecule has 8 heteroatoms. The standard InChI is InChI=1S/C19H19BrN2O5/c1-13(23)26-11-3-9-21-18(24)16(12-14-5-7-15(20)8-6-14)22-19(25)17-4-2-10-27-17/h2,4-8,10,12H,3,9,11H2,1H3,(H,21,24)(H,22,25)/b16-12+. The topological polar surface area (TPSA) is 97.6 Å². The fraction of sp³-hybridized carbons (Fsp3) is 0.211. The number of ether oxygens (including phenoxy) is 1. The minimum atomic E-state index is -0.529. The van der Waals surface area contributed by atoms with E-state index >= 15 is 0 Å². The van der Waals surface area contributed by atoms with Gasteiger partial charge >= 0.3 is 5.97 Å². The maximum Gasteiger partial charge on any atom is 0.302 e. The van der Waals surface area contributed by atoms with Crippen molar-refractivity contribution in [3.05, 3.63) is 64.2 Å². The average Bonchev–Trinajstić information content (AvgIpc) is 3.17. The van der Waals surface area contributed by atoms with Crippen LogP contribution in [0, 0.1) is 0 Å². The highest BCUT2D eigenvalue weighted by Gasteiger charge is 2.16. The van der Waals surface area contributed by atoms with Gasteiger partial charge in [0.05, 0.1) is 12.9 Å². The van der Waals surface area contributed by atoms with Gasteiger partial charge in [-0.25, -0.2) is 0 Å². The molecule has 2 rings (SSSR count). The fourth-order valence-electron chi connectivity index (χ4n) is 2.06. The second kappa shape index (κ2) is 10.3. The fourth-order valence-corrected chi connectivity index (χ4v) is 2.33. The maximum absolute atomic E-state index is 12.5. The van der Waals surface area contributed by atoms with Crippen molar-refractivity contribution in [2.24, 2.45) is 0 Å². The molecule has 0 aliphatic heterocycles. The molecule has 0 radical (unpaired) electrons. The van der Waals surface area contributed by atoms with Crippen molar-refractivity contribution in [1.82, 2.24) is 10.6 Å². The Morgan fingerprint density at radius 1 is 1.19 bits per heavy atom. The zero-order valence-corrected chi connectivity index (χ0v) is 16.2. The van der Waals surface area contributed by atoms with Crippen LogP contribution in [0.2, 0.25) is 0 Å². The maximum atomic E-state index is 12.5. The van der Waals surface area contributed by atoms with Crippen LogP contribution in [0.25, 0.3) is 6.08 Å². The molecule has 1 aromatic heterocycles. The van der Waals surface area contributed by atoms with E-state index in [1.165, 1.54) is 19.3 Å². The van der Waals surface area contributed by atoms with Gasteiger partial charge in [-0.05, 0) is 42.3 Å². The molecule has 2 aromatic rings. The summed E-state index contributed by atoms with van der Waals surface area (Å²) in [7, 11) is 0. The number of hydrogen-bond acceptors (Lipinski definition) is 5. The second-order valence-corrected chi connectivity index (χ2v) is 6.41. The number of carbonyl (C=O) groups is 3. The summed E-state index contributed by atoms with van der Waals surface area (Å²) in [6, 6.07) is 10.4. The highest BCUT2D eigenvalue weighted by molar-refractivity contribution is 9.10. The quantitative estimate of drug-likeness (QED) is 0.378. The van der Waals surface area contributed by atoms with Gasteiger partial charge < -0.3 is 19.8 Å². The van der Waals surface area contributed by atoms with Gasteiger partial charge in [0.1, 0.15) is 5.70 Å². The smallest absolute Gasteiger partial charge is 0.302 e. The monoisotopic (exact) mass is 434 g/mol. The van der Waals surface area contributed by atoms with Gasteiger partial charge in [-0.1, -0.05) is 28.1 Å². The van der Waals surface area contributed by atoms with Crippen molar-refractivity contribution in [3.8, 4) is 0 Å². The van der Waals surface area contributed by atoms with Crippen molar-refractivity contribution in [2.45, 2.75) is 13.3 Å². The van der Waals surface area contributed by atoms with Crippen LogP contribution >= 0.6 is 15.9 Å². The molecule has 0 bridgehead atoms. The number of carbonyl (C=O) groups excluding carboxylic acids is 3. The van der Waals surface area contributed by atoms with Crippen LogP contribution in [0.1, 0.15) is 29.5 Å². The summed E-state index contributed by atoms with van der Waals surface area (Å²) < 4.78 is 10.8. The number of benzene rings is 1. The first kappa shape index (κ1) is 20.4. The predicted octanol–water partition coefficient (Wildman–Crippen LogP) is 2.88. The molecule has 0 unspecified atom stereocenters. The Labute approximate surface area is 164 Å². The normalized spacial score (nSPS) is 11.0. The lowest BCUT2D eigenvalue weighted by Crippen LogP contribution is -2.35. The van der Waals surface area contributed by atoms with E-state index in [1.807, 2.05) is 12.1 Å². The number of hydrogen-bond donors (Lipinski definition) is 2. The van der Waals surface area contributed by atoms with Crippen molar-refractivity contribution < 1.29 is 23.5 Å². The Hall–Kier alpha value is -2.87. The highest BCUT2D eigenvalue weighted by atomic mass is 79.9. The summed E-state index contributed by atoms with van der Waals surface area (Å²) in [5.74, 6) is -1.26. The van der Waals surface area contributed by atoms with E-state index in [0.717, 1.165) is 10.0 Å². The van der Waals surface area contributed by atoms with Crippen LogP contribution in [-0.4, -0.2) is 30.9 Å². The number of furan rings is 1. The van der Waals surface area contributed by atoms with Gasteiger partial charge in [-0.2, -0.15) is 0 Å². The van der Waals surface area contributed by atoms with Crippen molar-refractivity contribution in [2.75, 3.05) is 13.2 Å². The third kappa shape index (κ3) is 7.10. The van der Waals surface area contributed by atoms with E-state index in [1.54, 1.807) is 24.3 Å². The number of nitrogens with one attached hydrogen (secondary N) is 2. The van der Waals surface area contributed by atoms with Crippen LogP contribution in [0.3, 0.4) is 0 Å². The Morgan fingerprint density at radius 3 is 2.56 bits per heavy atom. The number of halogens is 1. The summed E-state index contributed by atoms with van der Waals surface area (Å²) in [6.45, 7) is 1.82. The largest absolute Gasteiger partial charge is 0.466 e. The molecule has 27 heavy (non-hydrogen) atoms. The average molecular weight is 435 g/mol. The summed E-state index contributed by atoms with van der Waals surface area (Å²) in [5, 5.41) is 5.25. The van der Waals surface area contributed by atoms with Gasteiger partial charge in [0.15, 0.2) is 5.76 Å². The summed E-state index contributed by atoms with van der Waals surface area (Å²) in [6.07, 6.45) is 3.40. The lowest BCUT2D eigenvalue weighted by molar-refractivity contribution is -0.140. The Balaban J connectivity index is 2.06. The summed E-state index contributed by atoms with van der Waals surface area (Å²) >= 11 is 3.35. The van der Waals surface area contributed by atoms with Crippen LogP contribution in [0.4, 0.5) is 0 Å². The van der Waals surface area contributed by atoms with Crippen molar-refractivity contribution in [3.63, 3.8) is 0 Å². The molecule has 0 aliphatic rings. The summed E-state index contributed by atoms with van der Waals surface area (Å²) in [4.78, 5) is 35.4. The molecule has 1 aromatic carbocycles. The van der Waals surface area contributed by atoms with E-state index in [0.29, 0.717) is 13.0 Å². The van der Waals surface area contributed by atoms with Gasteiger partial charge in [-0.3, -0.25) is 14.4 Å². The molecule has 142 valence electrons. The summed E-state index contributed by atoms with van der Waals surface area (Å²) in [5.41, 5.74) is 0.814. The number of amides is 2. The lowest BCUT2D eigenvalue weighted by atomic mass is 10.2. The molecular formula is C19H19BrN2O5. The lowest BCUT2D eigenvalue weighted by Gasteiger charge is -2.10. The number of esters is 1. The molecule has 1 heterocycles. The first-order valence-corrected chi connectivity index (χ1v) is 8.98. The zero-order valence-electron chi connectivity index (χ0n) is 14.7. The first-order valence-electron chi connectivity index (χ1n) is 8.19. The van der Waals surface area contributed by atoms with Crippen molar-refractivity contribution in [1.29, 1.82) is 0 Å². The SMILES string of the molecule is CC(=O)OCCCNC(=O)/C(=C\c1ccc(Br)cc1)NC(=O)c1ccco1. The van der Waals surface area contributed by atoms with Gasteiger partial charge in [0.2, 0.25) is 0 Å². The molecule has 2 N–H and O–H groups in total. The number of rotatable bonds is 8. The van der Waals surface area contributed by atoms with Gasteiger partial charge in [0, 0.05) is 17.9 Å². The molecular weight excluding hydrogens is 416 g/mol. The Bertz CT molecular complexity index is 813. The second-order valence-electron chi connectivity index (χ2n) is 5.49. The molecule has 0 atom stereocenters. The van der Waals surface area contributed by atoms with E-state index in [4.69, 9.17) is 9.15 Å². The minimum absolute atomic E-state index is 0.0752. The van der Waals surface area contributed by atoms with Gasteiger partial charge in [-0.15, -0.1) is 0 Å². The molecule has 0 saturated heterocycles. The Kier molecular flexibility index (Phi) is 7.81. The molecule has 0 fully saturated rings. The predicted molar refractivity (Wildman–Crippen MR) is 103 cm³/mol. The van der Waals surface area contributed by atoms with E-state index in [-0.39, 0.29) is 24.0 Å². The zero-order chi connectivity index (χ0) is 19.6. The van der Waals surface area contributed by atoms with E-state index in [2.05, 4.69) is 26.6 Å². The Morgan fingerprint density at radius 2 is 1.93 bits per heavy atom. The third-order valence-corrected chi connectivity index (χ3v) is 3.86. The molecule has 0 aliphatic carbocycles. The molecule has 0 saturated carbocycles. The van der Waals surface area contributed by atoms with Crippen LogP contribution in [0.5, 0.6) is 0 Å². The van der Waals surface area contributed by atoms with Crippen LogP contribution < -0.4 is 10.6 Å². The molecule has 0 spiro atoms. The highest BCUT2D eigenvalue weighted by Crippen LogP contribution is 2.13. The van der Waals surface area contributed by atoms with Gasteiger partial charge in [0.25, 0.3) is 11.8 Å². The van der Waals surface area contributed by atoms with Crippen molar-refractivity contribution >= 4 is 39.8 Å². The van der Waals surface area contributed by atoms with E-state index in [9.17, 15) is 14.4 Å². The molecule has 7 nitrogen and oxygen atoms in total. The van der Waals surface area contributed by atoms with Crippen LogP contribution in [0.15, 0.2) is 57.2 Å². The minimum Gasteiger partial charge on any atom is -0.466 e. The third-order valence-electron chi connectivity index (χ3n) is 3.33. The first-order chi connectivity index (χ1) is 13.0. The molecule has 2 amide bonds. The van der Waals surface area contributed by atoms with Crippen LogP contribution in [-0.2, 0) is 14.3 Å². The van der Waals surface area contributed by atoms with E-state index < -0.39 is 11.8 Å².